The fourth-order valence-corrected chi connectivity index (χ4v) is 1.73. The van der Waals surface area contributed by atoms with E-state index in [1.165, 1.54) is 6.20 Å². The third-order valence-corrected chi connectivity index (χ3v) is 2.45. The van der Waals surface area contributed by atoms with Crippen molar-refractivity contribution in [1.29, 1.82) is 0 Å². The number of hydrogen-bond donors (Lipinski definition) is 0. The van der Waals surface area contributed by atoms with Crippen molar-refractivity contribution in [1.82, 2.24) is 4.98 Å². The number of aryl methyl sites for hydroxylation is 1. The summed E-state index contributed by atoms with van der Waals surface area (Å²) in [7, 11) is 0. The minimum atomic E-state index is -4.35. The zero-order valence-electron chi connectivity index (χ0n) is 8.40. The molecular formula is C10H11F3IN. The van der Waals surface area contributed by atoms with Gasteiger partial charge in [-0.15, -0.1) is 0 Å². The Morgan fingerprint density at radius 1 is 1.47 bits per heavy atom. The van der Waals surface area contributed by atoms with Gasteiger partial charge in [0.15, 0.2) is 0 Å². The highest BCUT2D eigenvalue weighted by atomic mass is 127. The molecule has 0 aliphatic carbocycles. The fraction of sp³-hybridized carbons (Fsp3) is 0.500. The first kappa shape index (κ1) is 12.7. The van der Waals surface area contributed by atoms with Crippen molar-refractivity contribution in [3.05, 3.63) is 29.1 Å². The van der Waals surface area contributed by atoms with Gasteiger partial charge >= 0.3 is 6.18 Å². The van der Waals surface area contributed by atoms with Crippen molar-refractivity contribution in [2.45, 2.75) is 30.4 Å². The van der Waals surface area contributed by atoms with Gasteiger partial charge in [0, 0.05) is 10.1 Å². The summed E-state index contributed by atoms with van der Waals surface area (Å²) in [6, 6.07) is 1.11. The molecule has 84 valence electrons. The molecule has 0 radical (unpaired) electrons. The van der Waals surface area contributed by atoms with Crippen LogP contribution in [0.4, 0.5) is 13.2 Å². The molecule has 0 aromatic carbocycles. The third kappa shape index (κ3) is 3.62. The monoisotopic (exact) mass is 329 g/mol. The third-order valence-electron chi connectivity index (χ3n) is 2.01. The molecule has 0 N–H and O–H groups in total. The summed E-state index contributed by atoms with van der Waals surface area (Å²) >= 11 is 2.24. The van der Waals surface area contributed by atoms with Gasteiger partial charge in [0.25, 0.3) is 0 Å². The molecule has 1 atom stereocenters. The standard InChI is InChI=1S/C10H11F3IN/c1-6-3-9(10(11,12)13)15-5-8(6)4-7(2)14/h3,5,7H,4H2,1-2H3. The normalized spacial score (nSPS) is 14.0. The summed E-state index contributed by atoms with van der Waals surface area (Å²) in [5.41, 5.74) is 0.718. The first-order valence-corrected chi connectivity index (χ1v) is 5.72. The maximum Gasteiger partial charge on any atom is 0.433 e. The van der Waals surface area contributed by atoms with Crippen LogP contribution >= 0.6 is 22.6 Å². The molecule has 0 aliphatic heterocycles. The summed E-state index contributed by atoms with van der Waals surface area (Å²) in [6.45, 7) is 3.70. The van der Waals surface area contributed by atoms with Gasteiger partial charge in [-0.1, -0.05) is 29.5 Å². The van der Waals surface area contributed by atoms with E-state index in [-0.39, 0.29) is 0 Å². The van der Waals surface area contributed by atoms with Gasteiger partial charge < -0.3 is 0 Å². The summed E-state index contributed by atoms with van der Waals surface area (Å²) in [6.07, 6.45) is -2.27. The van der Waals surface area contributed by atoms with Crippen LogP contribution in [0.15, 0.2) is 12.3 Å². The van der Waals surface area contributed by atoms with E-state index >= 15 is 0 Å². The van der Waals surface area contributed by atoms with Crippen LogP contribution in [0.25, 0.3) is 0 Å². The lowest BCUT2D eigenvalue weighted by Gasteiger charge is -2.10. The molecule has 0 amide bonds. The maximum absolute atomic E-state index is 12.3. The van der Waals surface area contributed by atoms with Crippen LogP contribution in [0.5, 0.6) is 0 Å². The van der Waals surface area contributed by atoms with Crippen molar-refractivity contribution in [2.75, 3.05) is 0 Å². The number of halogens is 4. The average Bonchev–Trinajstić information content (AvgIpc) is 2.05. The van der Waals surface area contributed by atoms with Crippen molar-refractivity contribution in [3.8, 4) is 0 Å². The van der Waals surface area contributed by atoms with Gasteiger partial charge in [-0.3, -0.25) is 4.98 Å². The molecule has 1 aromatic heterocycles. The van der Waals surface area contributed by atoms with Crippen LogP contribution in [0, 0.1) is 6.92 Å². The van der Waals surface area contributed by atoms with Crippen LogP contribution in [0.2, 0.25) is 0 Å². The average molecular weight is 329 g/mol. The van der Waals surface area contributed by atoms with E-state index in [1.54, 1.807) is 6.92 Å². The van der Waals surface area contributed by atoms with Gasteiger partial charge in [-0.05, 0) is 30.5 Å². The molecule has 0 saturated heterocycles. The molecule has 0 bridgehead atoms. The van der Waals surface area contributed by atoms with Crippen LogP contribution in [-0.2, 0) is 12.6 Å². The minimum absolute atomic E-state index is 0.389. The number of pyridine rings is 1. The van der Waals surface area contributed by atoms with Gasteiger partial charge in [-0.2, -0.15) is 13.2 Å². The molecule has 1 rings (SSSR count). The van der Waals surface area contributed by atoms with Crippen molar-refractivity contribution >= 4 is 22.6 Å². The molecule has 5 heteroatoms. The highest BCUT2D eigenvalue weighted by molar-refractivity contribution is 14.1. The highest BCUT2D eigenvalue weighted by Crippen LogP contribution is 2.28. The van der Waals surface area contributed by atoms with E-state index in [0.717, 1.165) is 18.1 Å². The molecule has 1 heterocycles. The van der Waals surface area contributed by atoms with Gasteiger partial charge in [0.05, 0.1) is 0 Å². The quantitative estimate of drug-likeness (QED) is 0.594. The summed E-state index contributed by atoms with van der Waals surface area (Å²) in [5, 5.41) is 0. The molecule has 0 spiro atoms. The van der Waals surface area contributed by atoms with Crippen LogP contribution in [0.1, 0.15) is 23.7 Å². The number of nitrogens with zero attached hydrogens (tertiary/aromatic N) is 1. The number of rotatable bonds is 2. The zero-order chi connectivity index (χ0) is 11.6. The number of hydrogen-bond acceptors (Lipinski definition) is 1. The van der Waals surface area contributed by atoms with Crippen LogP contribution < -0.4 is 0 Å². The van der Waals surface area contributed by atoms with E-state index in [1.807, 2.05) is 6.92 Å². The first-order chi connectivity index (χ1) is 6.80. The Labute approximate surface area is 100 Å². The zero-order valence-corrected chi connectivity index (χ0v) is 10.6. The van der Waals surface area contributed by atoms with Crippen molar-refractivity contribution in [3.63, 3.8) is 0 Å². The molecule has 1 unspecified atom stereocenters. The Bertz CT molecular complexity index is 347. The molecule has 0 aliphatic rings. The Morgan fingerprint density at radius 3 is 2.47 bits per heavy atom. The second kappa shape index (κ2) is 4.67. The lowest BCUT2D eigenvalue weighted by atomic mass is 10.1. The van der Waals surface area contributed by atoms with E-state index in [9.17, 15) is 13.2 Å². The number of alkyl halides is 4. The Hall–Kier alpha value is -0.330. The first-order valence-electron chi connectivity index (χ1n) is 4.47. The fourth-order valence-electron chi connectivity index (χ4n) is 1.26. The summed E-state index contributed by atoms with van der Waals surface area (Å²) in [5.74, 6) is 0. The van der Waals surface area contributed by atoms with E-state index in [2.05, 4.69) is 27.6 Å². The van der Waals surface area contributed by atoms with Gasteiger partial charge in [0.1, 0.15) is 5.69 Å². The molecule has 15 heavy (non-hydrogen) atoms. The van der Waals surface area contributed by atoms with Crippen molar-refractivity contribution in [2.24, 2.45) is 0 Å². The largest absolute Gasteiger partial charge is 0.433 e. The van der Waals surface area contributed by atoms with Crippen molar-refractivity contribution < 1.29 is 13.2 Å². The topological polar surface area (TPSA) is 12.9 Å². The summed E-state index contributed by atoms with van der Waals surface area (Å²) in [4.78, 5) is 3.44. The van der Waals surface area contributed by atoms with E-state index in [4.69, 9.17) is 0 Å². The summed E-state index contributed by atoms with van der Waals surface area (Å²) < 4.78 is 37.3. The Balaban J connectivity index is 2.98. The second-order valence-electron chi connectivity index (χ2n) is 3.48. The second-order valence-corrected chi connectivity index (χ2v) is 5.61. The predicted octanol–water partition coefficient (Wildman–Crippen LogP) is 3.77. The Morgan fingerprint density at radius 2 is 2.07 bits per heavy atom. The molecule has 1 nitrogen and oxygen atoms in total. The van der Waals surface area contributed by atoms with Gasteiger partial charge in [0.2, 0.25) is 0 Å². The molecule has 1 aromatic rings. The lowest BCUT2D eigenvalue weighted by molar-refractivity contribution is -0.141. The van der Waals surface area contributed by atoms with E-state index < -0.39 is 11.9 Å². The van der Waals surface area contributed by atoms with Gasteiger partial charge in [-0.25, -0.2) is 0 Å². The molecule has 0 saturated carbocycles. The lowest BCUT2D eigenvalue weighted by Crippen LogP contribution is -2.10. The highest BCUT2D eigenvalue weighted by Gasteiger charge is 2.32. The maximum atomic E-state index is 12.3. The predicted molar refractivity (Wildman–Crippen MR) is 61.2 cm³/mol. The van der Waals surface area contributed by atoms with Crippen LogP contribution in [0.3, 0.4) is 0 Å². The van der Waals surface area contributed by atoms with E-state index in [0.29, 0.717) is 9.49 Å². The SMILES string of the molecule is Cc1cc(C(F)(F)F)ncc1CC(C)I. The smallest absolute Gasteiger partial charge is 0.251 e. The molecular weight excluding hydrogens is 318 g/mol. The number of aromatic nitrogens is 1. The Kier molecular flexibility index (Phi) is 3.97. The van der Waals surface area contributed by atoms with Crippen LogP contribution in [-0.4, -0.2) is 8.91 Å². The molecule has 0 fully saturated rings. The minimum Gasteiger partial charge on any atom is -0.251 e.